The molecule has 1 amide bonds. The number of benzene rings is 1. The molecule has 4 rings (SSSR count). The monoisotopic (exact) mass is 383 g/mol. The van der Waals surface area contributed by atoms with Crippen molar-refractivity contribution in [1.29, 1.82) is 0 Å². The van der Waals surface area contributed by atoms with E-state index < -0.39 is 18.0 Å². The third-order valence-electron chi connectivity index (χ3n) is 4.17. The van der Waals surface area contributed by atoms with Crippen LogP contribution in [0, 0.1) is 5.82 Å². The molecule has 0 radical (unpaired) electrons. The second-order valence-electron chi connectivity index (χ2n) is 6.07. The fraction of sp³-hybridized carbons (Fsp3) is 0.235. The minimum atomic E-state index is -0.621. The molecule has 10 nitrogen and oxygen atoms in total. The number of hydrogen-bond donors (Lipinski definition) is 0. The summed E-state index contributed by atoms with van der Waals surface area (Å²) in [5.41, 5.74) is 9.50. The number of carbonyl (C=O) groups excluding carboxylic acids is 1. The van der Waals surface area contributed by atoms with Crippen molar-refractivity contribution in [2.75, 3.05) is 18.0 Å². The number of rotatable bonds is 6. The number of oxazole rings is 1. The van der Waals surface area contributed by atoms with Crippen molar-refractivity contribution >= 4 is 11.8 Å². The number of cyclic esters (lactones) is 1. The molecule has 3 heterocycles. The number of hydrogen-bond acceptors (Lipinski definition) is 6. The van der Waals surface area contributed by atoms with E-state index in [-0.39, 0.29) is 24.5 Å². The van der Waals surface area contributed by atoms with Crippen LogP contribution in [0.5, 0.6) is 0 Å². The zero-order chi connectivity index (χ0) is 19.5. The summed E-state index contributed by atoms with van der Waals surface area (Å²) in [5.74, 6) is -0.441. The average molecular weight is 383 g/mol. The Hall–Kier alpha value is -3.85. The van der Waals surface area contributed by atoms with Gasteiger partial charge in [-0.05, 0) is 23.7 Å². The number of azide groups is 1. The summed E-state index contributed by atoms with van der Waals surface area (Å²) in [4.78, 5) is 24.1. The first-order valence-corrected chi connectivity index (χ1v) is 8.33. The summed E-state index contributed by atoms with van der Waals surface area (Å²) < 4.78 is 26.9. The van der Waals surface area contributed by atoms with E-state index in [1.54, 1.807) is 24.8 Å². The molecule has 11 heteroatoms. The van der Waals surface area contributed by atoms with Crippen LogP contribution in [0.2, 0.25) is 0 Å². The van der Waals surface area contributed by atoms with E-state index in [1.807, 2.05) is 4.57 Å². The number of aromatic nitrogens is 3. The van der Waals surface area contributed by atoms with Gasteiger partial charge in [0, 0.05) is 17.3 Å². The van der Waals surface area contributed by atoms with Crippen molar-refractivity contribution < 1.29 is 18.3 Å². The Labute approximate surface area is 157 Å². The summed E-state index contributed by atoms with van der Waals surface area (Å²) in [6.07, 6.45) is 5.36. The molecule has 142 valence electrons. The Morgan fingerprint density at radius 1 is 1.43 bits per heavy atom. The van der Waals surface area contributed by atoms with Crippen LogP contribution >= 0.6 is 0 Å². The van der Waals surface area contributed by atoms with Crippen LogP contribution in [-0.4, -0.2) is 39.8 Å². The SMILES string of the molecule is [N-]=[N+]=NC[C@H]1CN(c2ccc(-c3nc(Cn4ccnc4)co3)c(F)c2)C(=O)O1. The molecule has 3 aromatic rings. The van der Waals surface area contributed by atoms with Crippen molar-refractivity contribution in [1.82, 2.24) is 14.5 Å². The molecular weight excluding hydrogens is 369 g/mol. The molecule has 1 aliphatic rings. The van der Waals surface area contributed by atoms with E-state index >= 15 is 0 Å². The molecule has 1 atom stereocenters. The highest BCUT2D eigenvalue weighted by Gasteiger charge is 2.32. The van der Waals surface area contributed by atoms with Crippen LogP contribution in [0.15, 0.2) is 52.7 Å². The molecule has 0 bridgehead atoms. The molecule has 0 N–H and O–H groups in total. The lowest BCUT2D eigenvalue weighted by atomic mass is 10.1. The second-order valence-corrected chi connectivity index (χ2v) is 6.07. The third-order valence-corrected chi connectivity index (χ3v) is 4.17. The fourth-order valence-electron chi connectivity index (χ4n) is 2.87. The van der Waals surface area contributed by atoms with Crippen LogP contribution in [0.4, 0.5) is 14.9 Å². The van der Waals surface area contributed by atoms with Gasteiger partial charge in [0.1, 0.15) is 18.2 Å². The van der Waals surface area contributed by atoms with E-state index in [0.29, 0.717) is 17.9 Å². The highest BCUT2D eigenvalue weighted by Crippen LogP contribution is 2.29. The van der Waals surface area contributed by atoms with Gasteiger partial charge in [0.2, 0.25) is 5.89 Å². The molecule has 28 heavy (non-hydrogen) atoms. The minimum absolute atomic E-state index is 0.0231. The first-order valence-electron chi connectivity index (χ1n) is 8.33. The predicted octanol–water partition coefficient (Wildman–Crippen LogP) is 3.36. The third kappa shape index (κ3) is 3.51. The first kappa shape index (κ1) is 17.6. The van der Waals surface area contributed by atoms with Gasteiger partial charge in [-0.1, -0.05) is 5.11 Å². The van der Waals surface area contributed by atoms with Gasteiger partial charge in [-0.15, -0.1) is 0 Å². The molecule has 0 saturated carbocycles. The van der Waals surface area contributed by atoms with E-state index in [2.05, 4.69) is 20.0 Å². The van der Waals surface area contributed by atoms with Gasteiger partial charge in [0.15, 0.2) is 0 Å². The summed E-state index contributed by atoms with van der Waals surface area (Å²) in [7, 11) is 0. The molecule has 2 aromatic heterocycles. The highest BCUT2D eigenvalue weighted by atomic mass is 19.1. The van der Waals surface area contributed by atoms with Gasteiger partial charge >= 0.3 is 6.09 Å². The van der Waals surface area contributed by atoms with Crippen LogP contribution in [0.1, 0.15) is 5.69 Å². The highest BCUT2D eigenvalue weighted by molar-refractivity contribution is 5.90. The molecule has 0 aliphatic carbocycles. The Bertz CT molecular complexity index is 1040. The van der Waals surface area contributed by atoms with Gasteiger partial charge < -0.3 is 13.7 Å². The molecule has 1 aromatic carbocycles. The Kier molecular flexibility index (Phi) is 4.65. The van der Waals surface area contributed by atoms with Gasteiger partial charge in [0.25, 0.3) is 0 Å². The van der Waals surface area contributed by atoms with Crippen molar-refractivity contribution in [3.8, 4) is 11.5 Å². The Morgan fingerprint density at radius 3 is 3.07 bits per heavy atom. The Balaban J connectivity index is 1.51. The number of carbonyl (C=O) groups is 1. The van der Waals surface area contributed by atoms with Gasteiger partial charge in [0.05, 0.1) is 42.9 Å². The predicted molar refractivity (Wildman–Crippen MR) is 94.9 cm³/mol. The quantitative estimate of drug-likeness (QED) is 0.367. The van der Waals surface area contributed by atoms with E-state index in [9.17, 15) is 9.18 Å². The lowest BCUT2D eigenvalue weighted by Gasteiger charge is -2.13. The topological polar surface area (TPSA) is 122 Å². The lowest BCUT2D eigenvalue weighted by molar-refractivity contribution is 0.145. The van der Waals surface area contributed by atoms with Crippen molar-refractivity contribution in [2.45, 2.75) is 12.6 Å². The zero-order valence-electron chi connectivity index (χ0n) is 14.5. The number of nitrogens with zero attached hydrogens (tertiary/aromatic N) is 7. The maximum Gasteiger partial charge on any atom is 0.414 e. The zero-order valence-corrected chi connectivity index (χ0v) is 14.5. The smallest absolute Gasteiger partial charge is 0.414 e. The lowest BCUT2D eigenvalue weighted by Crippen LogP contribution is -2.25. The van der Waals surface area contributed by atoms with E-state index in [4.69, 9.17) is 14.7 Å². The van der Waals surface area contributed by atoms with E-state index in [0.717, 1.165) is 0 Å². The van der Waals surface area contributed by atoms with Crippen molar-refractivity contribution in [3.63, 3.8) is 0 Å². The maximum atomic E-state index is 14.6. The molecular formula is C17H14FN7O3. The molecule has 1 saturated heterocycles. The van der Waals surface area contributed by atoms with Crippen LogP contribution in [0.25, 0.3) is 21.9 Å². The van der Waals surface area contributed by atoms with Crippen LogP contribution < -0.4 is 4.90 Å². The Morgan fingerprint density at radius 2 is 2.32 bits per heavy atom. The summed E-state index contributed by atoms with van der Waals surface area (Å²) >= 11 is 0. The normalized spacial score (nSPS) is 16.1. The van der Waals surface area contributed by atoms with Crippen molar-refractivity contribution in [2.24, 2.45) is 5.11 Å². The largest absolute Gasteiger partial charge is 0.444 e. The number of ether oxygens (including phenoxy) is 1. The molecule has 0 spiro atoms. The van der Waals surface area contributed by atoms with Crippen LogP contribution in [-0.2, 0) is 11.3 Å². The summed E-state index contributed by atoms with van der Waals surface area (Å²) in [5, 5.41) is 3.39. The number of amides is 1. The van der Waals surface area contributed by atoms with Gasteiger partial charge in [-0.2, -0.15) is 0 Å². The summed E-state index contributed by atoms with van der Waals surface area (Å²) in [6.45, 7) is 0.648. The molecule has 1 aliphatic heterocycles. The first-order chi connectivity index (χ1) is 13.6. The second kappa shape index (κ2) is 7.41. The van der Waals surface area contributed by atoms with Crippen LogP contribution in [0.3, 0.4) is 0 Å². The van der Waals surface area contributed by atoms with E-state index in [1.165, 1.54) is 23.3 Å². The molecule has 0 unspecified atom stereocenters. The number of anilines is 1. The standard InChI is InChI=1S/C17H14FN7O3/c18-15-5-12(25-8-13(6-21-23-19)28-17(25)26)1-2-14(15)16-22-11(9-27-16)7-24-4-3-20-10-24/h1-5,9-10,13H,6-8H2/t13-/m0/s1. The van der Waals surface area contributed by atoms with Gasteiger partial charge in [-0.25, -0.2) is 19.2 Å². The number of halogens is 1. The van der Waals surface area contributed by atoms with Crippen molar-refractivity contribution in [3.05, 3.63) is 65.1 Å². The fourth-order valence-corrected chi connectivity index (χ4v) is 2.87. The number of imidazole rings is 1. The maximum absolute atomic E-state index is 14.6. The van der Waals surface area contributed by atoms with Gasteiger partial charge in [-0.3, -0.25) is 4.90 Å². The summed E-state index contributed by atoms with van der Waals surface area (Å²) in [6, 6.07) is 4.28. The molecule has 1 fully saturated rings. The average Bonchev–Trinajstić information content (AvgIpc) is 3.42. The minimum Gasteiger partial charge on any atom is -0.444 e.